The van der Waals surface area contributed by atoms with E-state index >= 15 is 0 Å². The summed E-state index contributed by atoms with van der Waals surface area (Å²) >= 11 is 0. The Balaban J connectivity index is 3.39. The summed E-state index contributed by atoms with van der Waals surface area (Å²) in [4.78, 5) is 0. The lowest BCUT2D eigenvalue weighted by Gasteiger charge is -2.28. The molecule has 90 valence electrons. The molecule has 1 rings (SSSR count). The smallest absolute Gasteiger partial charge is 0.128 e. The number of methoxy groups -OCH3 is 1. The van der Waals surface area contributed by atoms with Crippen LogP contribution in [-0.2, 0) is 5.60 Å². The average molecular weight is 222 g/mol. The standard InChI is InChI=1S/C14H22O2/c1-6-14(15,7-2)12-9-8-10(3)11(4)13(12)16-5/h8-9,15H,6-7H2,1-5H3. The molecule has 0 saturated heterocycles. The van der Waals surface area contributed by atoms with Crippen LogP contribution >= 0.6 is 0 Å². The van der Waals surface area contributed by atoms with Crippen molar-refractivity contribution >= 4 is 0 Å². The molecule has 16 heavy (non-hydrogen) atoms. The molecule has 1 N–H and O–H groups in total. The molecule has 1 aromatic rings. The van der Waals surface area contributed by atoms with E-state index in [2.05, 4.69) is 6.92 Å². The molecule has 1 aromatic carbocycles. The topological polar surface area (TPSA) is 29.5 Å². The van der Waals surface area contributed by atoms with Gasteiger partial charge in [-0.25, -0.2) is 0 Å². The Morgan fingerprint density at radius 3 is 2.19 bits per heavy atom. The summed E-state index contributed by atoms with van der Waals surface area (Å²) in [7, 11) is 1.66. The summed E-state index contributed by atoms with van der Waals surface area (Å²) in [5.74, 6) is 0.825. The molecule has 0 fully saturated rings. The van der Waals surface area contributed by atoms with Crippen LogP contribution < -0.4 is 4.74 Å². The van der Waals surface area contributed by atoms with Crippen molar-refractivity contribution in [3.8, 4) is 5.75 Å². The Kier molecular flexibility index (Phi) is 3.98. The third kappa shape index (κ3) is 2.07. The van der Waals surface area contributed by atoms with Gasteiger partial charge in [-0.1, -0.05) is 26.0 Å². The van der Waals surface area contributed by atoms with Gasteiger partial charge >= 0.3 is 0 Å². The van der Waals surface area contributed by atoms with Gasteiger partial charge in [-0.2, -0.15) is 0 Å². The first-order valence-electron chi connectivity index (χ1n) is 5.87. The molecule has 0 bridgehead atoms. The van der Waals surface area contributed by atoms with Crippen molar-refractivity contribution in [2.75, 3.05) is 7.11 Å². The first-order valence-corrected chi connectivity index (χ1v) is 5.87. The summed E-state index contributed by atoms with van der Waals surface area (Å²) in [6.07, 6.45) is 1.39. The fourth-order valence-electron chi connectivity index (χ4n) is 2.05. The van der Waals surface area contributed by atoms with E-state index in [0.717, 1.165) is 16.9 Å². The van der Waals surface area contributed by atoms with Gasteiger partial charge in [-0.05, 0) is 37.8 Å². The summed E-state index contributed by atoms with van der Waals surface area (Å²) in [6.45, 7) is 8.08. The lowest BCUT2D eigenvalue weighted by atomic mass is 9.86. The first-order chi connectivity index (χ1) is 7.50. The zero-order chi connectivity index (χ0) is 12.3. The number of hydrogen-bond acceptors (Lipinski definition) is 2. The van der Waals surface area contributed by atoms with Gasteiger partial charge in [0.15, 0.2) is 0 Å². The predicted molar refractivity (Wildman–Crippen MR) is 66.9 cm³/mol. The lowest BCUT2D eigenvalue weighted by Crippen LogP contribution is -2.24. The van der Waals surface area contributed by atoms with Crippen LogP contribution in [0.1, 0.15) is 43.4 Å². The number of hydrogen-bond donors (Lipinski definition) is 1. The highest BCUT2D eigenvalue weighted by Gasteiger charge is 2.29. The van der Waals surface area contributed by atoms with E-state index in [1.807, 2.05) is 32.9 Å². The SMILES string of the molecule is CCC(O)(CC)c1ccc(C)c(C)c1OC. The van der Waals surface area contributed by atoms with E-state index in [4.69, 9.17) is 4.74 Å². The van der Waals surface area contributed by atoms with E-state index in [9.17, 15) is 5.11 Å². The highest BCUT2D eigenvalue weighted by molar-refractivity contribution is 5.47. The minimum Gasteiger partial charge on any atom is -0.496 e. The zero-order valence-corrected chi connectivity index (χ0v) is 10.9. The van der Waals surface area contributed by atoms with Crippen LogP contribution in [0.5, 0.6) is 5.75 Å². The zero-order valence-electron chi connectivity index (χ0n) is 10.9. The second-order valence-electron chi connectivity index (χ2n) is 4.33. The summed E-state index contributed by atoms with van der Waals surface area (Å²) in [6, 6.07) is 4.03. The van der Waals surface area contributed by atoms with Crippen molar-refractivity contribution in [3.63, 3.8) is 0 Å². The fraction of sp³-hybridized carbons (Fsp3) is 0.571. The van der Waals surface area contributed by atoms with Crippen LogP contribution in [0, 0.1) is 13.8 Å². The molecule has 0 saturated carbocycles. The molecule has 0 aromatic heterocycles. The maximum absolute atomic E-state index is 10.5. The van der Waals surface area contributed by atoms with Gasteiger partial charge in [-0.3, -0.25) is 0 Å². The molecule has 0 aliphatic carbocycles. The van der Waals surface area contributed by atoms with Crippen molar-refractivity contribution in [1.29, 1.82) is 0 Å². The number of benzene rings is 1. The van der Waals surface area contributed by atoms with Crippen LogP contribution in [0.3, 0.4) is 0 Å². The maximum Gasteiger partial charge on any atom is 0.128 e. The largest absolute Gasteiger partial charge is 0.496 e. The highest BCUT2D eigenvalue weighted by Crippen LogP contribution is 2.38. The van der Waals surface area contributed by atoms with E-state index in [1.54, 1.807) is 7.11 Å². The van der Waals surface area contributed by atoms with Gasteiger partial charge in [0.25, 0.3) is 0 Å². The van der Waals surface area contributed by atoms with Crippen molar-refractivity contribution in [2.24, 2.45) is 0 Å². The lowest BCUT2D eigenvalue weighted by molar-refractivity contribution is 0.0259. The molecule has 2 heteroatoms. The third-order valence-corrected chi connectivity index (χ3v) is 3.55. The van der Waals surface area contributed by atoms with Crippen molar-refractivity contribution < 1.29 is 9.84 Å². The first kappa shape index (κ1) is 13.0. The maximum atomic E-state index is 10.5. The van der Waals surface area contributed by atoms with E-state index < -0.39 is 5.60 Å². The van der Waals surface area contributed by atoms with Crippen LogP contribution in [0.15, 0.2) is 12.1 Å². The fourth-order valence-corrected chi connectivity index (χ4v) is 2.05. The van der Waals surface area contributed by atoms with Crippen molar-refractivity contribution in [1.82, 2.24) is 0 Å². The quantitative estimate of drug-likeness (QED) is 0.846. The van der Waals surface area contributed by atoms with Crippen LogP contribution in [-0.4, -0.2) is 12.2 Å². The summed E-state index contributed by atoms with van der Waals surface area (Å²) in [5, 5.41) is 10.5. The van der Waals surface area contributed by atoms with Gasteiger partial charge in [0.2, 0.25) is 0 Å². The van der Waals surface area contributed by atoms with E-state index in [-0.39, 0.29) is 0 Å². The molecule has 2 nitrogen and oxygen atoms in total. The van der Waals surface area contributed by atoms with Gasteiger partial charge in [0.05, 0.1) is 12.7 Å². The Bertz CT molecular complexity index is 365. The number of rotatable bonds is 4. The second-order valence-corrected chi connectivity index (χ2v) is 4.33. The third-order valence-electron chi connectivity index (χ3n) is 3.55. The van der Waals surface area contributed by atoms with Gasteiger partial charge < -0.3 is 9.84 Å². The molecule has 0 heterocycles. The second kappa shape index (κ2) is 4.88. The molecule has 0 unspecified atom stereocenters. The highest BCUT2D eigenvalue weighted by atomic mass is 16.5. The predicted octanol–water partition coefficient (Wildman–Crippen LogP) is 3.32. The number of aliphatic hydroxyl groups is 1. The Morgan fingerprint density at radius 1 is 1.19 bits per heavy atom. The van der Waals surface area contributed by atoms with E-state index in [0.29, 0.717) is 12.8 Å². The number of ether oxygens (including phenoxy) is 1. The molecular weight excluding hydrogens is 200 g/mol. The van der Waals surface area contributed by atoms with Crippen molar-refractivity contribution in [3.05, 3.63) is 28.8 Å². The Labute approximate surface area is 98.3 Å². The molecule has 0 radical (unpaired) electrons. The van der Waals surface area contributed by atoms with Gasteiger partial charge in [0, 0.05) is 5.56 Å². The molecule has 0 aliphatic heterocycles. The van der Waals surface area contributed by atoms with Gasteiger partial charge in [0.1, 0.15) is 5.75 Å². The van der Waals surface area contributed by atoms with Crippen LogP contribution in [0.2, 0.25) is 0 Å². The number of aryl methyl sites for hydroxylation is 1. The summed E-state index contributed by atoms with van der Waals surface area (Å²) < 4.78 is 5.45. The average Bonchev–Trinajstić information content (AvgIpc) is 2.31. The van der Waals surface area contributed by atoms with Gasteiger partial charge in [-0.15, -0.1) is 0 Å². The normalized spacial score (nSPS) is 11.6. The molecule has 0 amide bonds. The van der Waals surface area contributed by atoms with Crippen LogP contribution in [0.4, 0.5) is 0 Å². The monoisotopic (exact) mass is 222 g/mol. The molecule has 0 atom stereocenters. The minimum atomic E-state index is -0.774. The minimum absolute atomic E-state index is 0.697. The summed E-state index contributed by atoms with van der Waals surface area (Å²) in [5.41, 5.74) is 2.43. The van der Waals surface area contributed by atoms with Crippen LogP contribution in [0.25, 0.3) is 0 Å². The molecular formula is C14H22O2. The molecule has 0 spiro atoms. The molecule has 0 aliphatic rings. The van der Waals surface area contributed by atoms with Crippen molar-refractivity contribution in [2.45, 2.75) is 46.1 Å². The van der Waals surface area contributed by atoms with E-state index in [1.165, 1.54) is 5.56 Å². The Morgan fingerprint density at radius 2 is 1.75 bits per heavy atom. The Hall–Kier alpha value is -1.02.